The van der Waals surface area contributed by atoms with Gasteiger partial charge in [-0.05, 0) is 6.42 Å². The Morgan fingerprint density at radius 2 is 1.95 bits per heavy atom. The van der Waals surface area contributed by atoms with Crippen molar-refractivity contribution >= 4 is 11.9 Å². The van der Waals surface area contributed by atoms with E-state index in [0.717, 1.165) is 4.90 Å². The highest BCUT2D eigenvalue weighted by Gasteiger charge is 2.54. The highest BCUT2D eigenvalue weighted by molar-refractivity contribution is 5.81. The normalized spacial score (nSPS) is 31.7. The molecule has 0 saturated carbocycles. The molecular weight excluding hydrogens is 267 g/mol. The van der Waals surface area contributed by atoms with Gasteiger partial charge in [-0.3, -0.25) is 9.59 Å². The number of hydrogen-bond donors (Lipinski definition) is 1. The van der Waals surface area contributed by atoms with E-state index < -0.39 is 42.4 Å². The number of carbonyl (C=O) groups is 2. The number of aliphatic carboxylic acids is 1. The van der Waals surface area contributed by atoms with Crippen molar-refractivity contribution in [3.8, 4) is 0 Å². The Kier molecular flexibility index (Phi) is 3.71. The van der Waals surface area contributed by atoms with Crippen LogP contribution in [0.25, 0.3) is 0 Å². The molecule has 0 aromatic carbocycles. The number of ether oxygens (including phenoxy) is 1. The second kappa shape index (κ2) is 4.99. The molecule has 3 atom stereocenters. The summed E-state index contributed by atoms with van der Waals surface area (Å²) in [7, 11) is 0. The Balaban J connectivity index is 2.09. The molecule has 0 aromatic heterocycles. The summed E-state index contributed by atoms with van der Waals surface area (Å²) in [4.78, 5) is 23.9. The Labute approximate surface area is 107 Å². The van der Waals surface area contributed by atoms with Crippen LogP contribution in [-0.4, -0.2) is 54.4 Å². The average molecular weight is 281 g/mol. The van der Waals surface area contributed by atoms with E-state index in [1.807, 2.05) is 0 Å². The van der Waals surface area contributed by atoms with E-state index in [1.165, 1.54) is 0 Å². The minimum atomic E-state index is -4.61. The molecule has 2 aliphatic heterocycles. The molecule has 1 amide bonds. The summed E-state index contributed by atoms with van der Waals surface area (Å²) in [6.45, 7) is -0.344. The molecule has 0 spiro atoms. The molecule has 2 saturated heterocycles. The van der Waals surface area contributed by atoms with Crippen LogP contribution in [0.15, 0.2) is 0 Å². The fraction of sp³-hybridized carbons (Fsp3) is 0.818. The second-order valence-corrected chi connectivity index (χ2v) is 4.90. The molecule has 108 valence electrons. The quantitative estimate of drug-likeness (QED) is 0.811. The van der Waals surface area contributed by atoms with E-state index in [1.54, 1.807) is 0 Å². The van der Waals surface area contributed by atoms with Crippen molar-refractivity contribution in [1.29, 1.82) is 0 Å². The number of amides is 1. The van der Waals surface area contributed by atoms with E-state index in [0.29, 0.717) is 13.0 Å². The molecule has 2 rings (SSSR count). The van der Waals surface area contributed by atoms with Crippen LogP contribution in [0.3, 0.4) is 0 Å². The number of carbonyl (C=O) groups excluding carboxylic acids is 1. The smallest absolute Gasteiger partial charge is 0.394 e. The number of nitrogens with zero attached hydrogens (tertiary/aromatic N) is 1. The molecule has 1 N–H and O–H groups in total. The Hall–Kier alpha value is -1.31. The first kappa shape index (κ1) is 14.1. The molecule has 2 heterocycles. The number of likely N-dealkylation sites (tertiary alicyclic amines) is 1. The maximum absolute atomic E-state index is 12.8. The monoisotopic (exact) mass is 281 g/mol. The molecule has 0 radical (unpaired) electrons. The van der Waals surface area contributed by atoms with Crippen LogP contribution in [0, 0.1) is 17.8 Å². The first-order valence-electron chi connectivity index (χ1n) is 5.96. The van der Waals surface area contributed by atoms with Crippen LogP contribution < -0.4 is 0 Å². The molecule has 5 nitrogen and oxygen atoms in total. The highest BCUT2D eigenvalue weighted by Crippen LogP contribution is 2.38. The van der Waals surface area contributed by atoms with Crippen molar-refractivity contribution in [2.24, 2.45) is 17.8 Å². The topological polar surface area (TPSA) is 66.8 Å². The number of rotatable bonds is 2. The van der Waals surface area contributed by atoms with Crippen molar-refractivity contribution in [3.05, 3.63) is 0 Å². The first-order chi connectivity index (χ1) is 8.80. The number of alkyl halides is 3. The molecule has 2 aliphatic rings. The second-order valence-electron chi connectivity index (χ2n) is 4.90. The summed E-state index contributed by atoms with van der Waals surface area (Å²) in [6.07, 6.45) is -4.13. The van der Waals surface area contributed by atoms with Crippen LogP contribution in [0.2, 0.25) is 0 Å². The third-order valence-corrected chi connectivity index (χ3v) is 3.65. The Morgan fingerprint density at radius 1 is 1.26 bits per heavy atom. The minimum absolute atomic E-state index is 0.198. The van der Waals surface area contributed by atoms with E-state index >= 15 is 0 Å². The van der Waals surface area contributed by atoms with Gasteiger partial charge in [0.05, 0.1) is 24.4 Å². The van der Waals surface area contributed by atoms with Crippen LogP contribution in [-0.2, 0) is 14.3 Å². The molecule has 2 fully saturated rings. The maximum Gasteiger partial charge on any atom is 0.394 e. The van der Waals surface area contributed by atoms with Gasteiger partial charge in [-0.15, -0.1) is 0 Å². The summed E-state index contributed by atoms with van der Waals surface area (Å²) in [6, 6.07) is 0. The summed E-state index contributed by atoms with van der Waals surface area (Å²) >= 11 is 0. The molecule has 8 heteroatoms. The molecule has 0 bridgehead atoms. The van der Waals surface area contributed by atoms with Gasteiger partial charge in [0.2, 0.25) is 5.91 Å². The minimum Gasteiger partial charge on any atom is -0.481 e. The predicted molar refractivity (Wildman–Crippen MR) is 56.2 cm³/mol. The molecular formula is C11H14F3NO4. The van der Waals surface area contributed by atoms with E-state index in [2.05, 4.69) is 0 Å². The zero-order valence-corrected chi connectivity index (χ0v) is 10.0. The number of hydrogen-bond acceptors (Lipinski definition) is 3. The maximum atomic E-state index is 12.8. The lowest BCUT2D eigenvalue weighted by molar-refractivity contribution is -0.188. The largest absolute Gasteiger partial charge is 0.481 e. The fourth-order valence-electron chi connectivity index (χ4n) is 2.55. The molecule has 0 aromatic rings. The number of halogens is 3. The van der Waals surface area contributed by atoms with Gasteiger partial charge >= 0.3 is 12.1 Å². The molecule has 19 heavy (non-hydrogen) atoms. The van der Waals surface area contributed by atoms with Crippen molar-refractivity contribution in [1.82, 2.24) is 4.90 Å². The van der Waals surface area contributed by atoms with E-state index in [4.69, 9.17) is 9.84 Å². The highest BCUT2D eigenvalue weighted by atomic mass is 19.4. The van der Waals surface area contributed by atoms with Gasteiger partial charge in [0.25, 0.3) is 0 Å². The fourth-order valence-corrected chi connectivity index (χ4v) is 2.55. The summed E-state index contributed by atoms with van der Waals surface area (Å²) in [5.74, 6) is -5.96. The van der Waals surface area contributed by atoms with Gasteiger partial charge in [-0.1, -0.05) is 0 Å². The van der Waals surface area contributed by atoms with Gasteiger partial charge in [-0.25, -0.2) is 0 Å². The Bertz CT molecular complexity index is 379. The lowest BCUT2D eigenvalue weighted by atomic mass is 9.96. The van der Waals surface area contributed by atoms with Crippen LogP contribution in [0.1, 0.15) is 6.42 Å². The van der Waals surface area contributed by atoms with Crippen LogP contribution >= 0.6 is 0 Å². The van der Waals surface area contributed by atoms with Crippen molar-refractivity contribution in [2.75, 3.05) is 26.3 Å². The summed E-state index contributed by atoms with van der Waals surface area (Å²) in [5.41, 5.74) is 0. The Morgan fingerprint density at radius 3 is 2.37 bits per heavy atom. The lowest BCUT2D eigenvalue weighted by Gasteiger charge is -2.20. The summed E-state index contributed by atoms with van der Waals surface area (Å²) < 4.78 is 43.3. The molecule has 1 unspecified atom stereocenters. The standard InChI is InChI=1S/C11H14F3NO4/c12-11(13,14)8-4-15(3-7(8)10(17)18)9(16)6-1-2-19-5-6/h6-8H,1-5H2,(H,17,18)/t6?,7-,8-/m1/s1. The van der Waals surface area contributed by atoms with E-state index in [-0.39, 0.29) is 13.2 Å². The first-order valence-corrected chi connectivity index (χ1v) is 5.96. The van der Waals surface area contributed by atoms with Gasteiger partial charge in [-0.2, -0.15) is 13.2 Å². The zero-order valence-electron chi connectivity index (χ0n) is 10.0. The summed E-state index contributed by atoms with van der Waals surface area (Å²) in [5, 5.41) is 8.85. The van der Waals surface area contributed by atoms with Crippen LogP contribution in [0.5, 0.6) is 0 Å². The average Bonchev–Trinajstić information content (AvgIpc) is 2.96. The van der Waals surface area contributed by atoms with Crippen molar-refractivity contribution in [3.63, 3.8) is 0 Å². The van der Waals surface area contributed by atoms with Crippen molar-refractivity contribution < 1.29 is 32.6 Å². The predicted octanol–water partition coefficient (Wildman–Crippen LogP) is 0.744. The zero-order chi connectivity index (χ0) is 14.2. The third kappa shape index (κ3) is 2.83. The molecule has 0 aliphatic carbocycles. The van der Waals surface area contributed by atoms with Crippen molar-refractivity contribution in [2.45, 2.75) is 12.6 Å². The van der Waals surface area contributed by atoms with Gasteiger partial charge < -0.3 is 14.7 Å². The van der Waals surface area contributed by atoms with Gasteiger partial charge in [0.1, 0.15) is 0 Å². The SMILES string of the molecule is O=C(O)[C@@H]1CN(C(=O)C2CCOC2)C[C@H]1C(F)(F)F. The third-order valence-electron chi connectivity index (χ3n) is 3.65. The van der Waals surface area contributed by atoms with Gasteiger partial charge in [0.15, 0.2) is 0 Å². The number of carboxylic acid groups (broad SMARTS) is 1. The van der Waals surface area contributed by atoms with Gasteiger partial charge in [0, 0.05) is 19.7 Å². The van der Waals surface area contributed by atoms with Crippen LogP contribution in [0.4, 0.5) is 13.2 Å². The lowest BCUT2D eigenvalue weighted by Crippen LogP contribution is -2.36. The van der Waals surface area contributed by atoms with E-state index in [9.17, 15) is 22.8 Å². The number of carboxylic acids is 1.